The molecule has 7 nitrogen and oxygen atoms in total. The zero-order valence-electron chi connectivity index (χ0n) is 17.9. The van der Waals surface area contributed by atoms with Gasteiger partial charge in [0.15, 0.2) is 11.5 Å². The molecule has 1 amide bonds. The number of methoxy groups -OCH3 is 1. The van der Waals surface area contributed by atoms with Gasteiger partial charge in [-0.2, -0.15) is 0 Å². The second-order valence-electron chi connectivity index (χ2n) is 6.99. The van der Waals surface area contributed by atoms with Crippen LogP contribution in [0.3, 0.4) is 0 Å². The Kier molecular flexibility index (Phi) is 8.68. The Morgan fingerprint density at radius 2 is 1.80 bits per heavy atom. The smallest absolute Gasteiger partial charge is 0.251 e. The number of hydrogen-bond acceptors (Lipinski definition) is 5. The van der Waals surface area contributed by atoms with Crippen molar-refractivity contribution in [2.45, 2.75) is 38.5 Å². The second kappa shape index (κ2) is 11.0. The maximum atomic E-state index is 12.5. The molecule has 0 aliphatic heterocycles. The lowest BCUT2D eigenvalue weighted by atomic mass is 10.2. The minimum atomic E-state index is -3.64. The zero-order valence-corrected chi connectivity index (χ0v) is 18.8. The van der Waals surface area contributed by atoms with E-state index in [1.54, 1.807) is 37.3 Å². The van der Waals surface area contributed by atoms with Crippen LogP contribution in [0.5, 0.6) is 11.5 Å². The third kappa shape index (κ3) is 6.47. The average molecular weight is 435 g/mol. The molecule has 2 rings (SSSR count). The predicted molar refractivity (Wildman–Crippen MR) is 117 cm³/mol. The Morgan fingerprint density at radius 3 is 2.50 bits per heavy atom. The maximum Gasteiger partial charge on any atom is 0.251 e. The van der Waals surface area contributed by atoms with Gasteiger partial charge in [0.1, 0.15) is 0 Å². The van der Waals surface area contributed by atoms with E-state index >= 15 is 0 Å². The summed E-state index contributed by atoms with van der Waals surface area (Å²) in [5.41, 5.74) is 1.95. The standard InChI is InChI=1S/C22H30N2O5S/c1-5-6-13-29-19-10-9-18(15-20(19)28-4)22(25)23-11-12-24-30(26,27)21-14-16(2)7-8-17(21)3/h7-10,14-15,24H,5-6,11-13H2,1-4H3,(H,23,25). The number of benzene rings is 2. The summed E-state index contributed by atoms with van der Waals surface area (Å²) in [6.45, 7) is 6.48. The van der Waals surface area contributed by atoms with Gasteiger partial charge in [-0.15, -0.1) is 0 Å². The van der Waals surface area contributed by atoms with E-state index in [1.165, 1.54) is 7.11 Å². The first-order valence-electron chi connectivity index (χ1n) is 9.94. The number of unbranched alkanes of at least 4 members (excludes halogenated alkanes) is 1. The van der Waals surface area contributed by atoms with Crippen LogP contribution in [0.15, 0.2) is 41.3 Å². The molecule has 8 heteroatoms. The van der Waals surface area contributed by atoms with Crippen LogP contribution in [0.2, 0.25) is 0 Å². The van der Waals surface area contributed by atoms with Gasteiger partial charge >= 0.3 is 0 Å². The van der Waals surface area contributed by atoms with E-state index in [-0.39, 0.29) is 23.9 Å². The van der Waals surface area contributed by atoms with Crippen LogP contribution in [0.1, 0.15) is 41.3 Å². The van der Waals surface area contributed by atoms with Crippen LogP contribution in [0.4, 0.5) is 0 Å². The van der Waals surface area contributed by atoms with Crippen molar-refractivity contribution in [2.24, 2.45) is 0 Å². The fraction of sp³-hybridized carbons (Fsp3) is 0.409. The third-order valence-corrected chi connectivity index (χ3v) is 6.12. The molecule has 164 valence electrons. The first-order valence-corrected chi connectivity index (χ1v) is 11.4. The fourth-order valence-electron chi connectivity index (χ4n) is 2.79. The predicted octanol–water partition coefficient (Wildman–Crippen LogP) is 3.20. The van der Waals surface area contributed by atoms with Gasteiger partial charge in [0.2, 0.25) is 10.0 Å². The number of aryl methyl sites for hydroxylation is 2. The number of hydrogen-bond donors (Lipinski definition) is 2. The van der Waals surface area contributed by atoms with Crippen LogP contribution in [-0.2, 0) is 10.0 Å². The summed E-state index contributed by atoms with van der Waals surface area (Å²) in [7, 11) is -2.12. The molecule has 2 aromatic rings. The molecule has 0 heterocycles. The van der Waals surface area contributed by atoms with Gasteiger partial charge in [-0.25, -0.2) is 13.1 Å². The summed E-state index contributed by atoms with van der Waals surface area (Å²) in [5, 5.41) is 2.71. The minimum absolute atomic E-state index is 0.0802. The molecule has 0 radical (unpaired) electrons. The van der Waals surface area contributed by atoms with E-state index in [4.69, 9.17) is 9.47 Å². The molecule has 2 aromatic carbocycles. The summed E-state index contributed by atoms with van der Waals surface area (Å²) >= 11 is 0. The van der Waals surface area contributed by atoms with Gasteiger partial charge in [-0.3, -0.25) is 4.79 Å². The van der Waals surface area contributed by atoms with Crippen molar-refractivity contribution in [1.29, 1.82) is 0 Å². The highest BCUT2D eigenvalue weighted by Gasteiger charge is 2.17. The SMILES string of the molecule is CCCCOc1ccc(C(=O)NCCNS(=O)(=O)c2cc(C)ccc2C)cc1OC. The summed E-state index contributed by atoms with van der Waals surface area (Å²) in [5.74, 6) is 0.748. The van der Waals surface area contributed by atoms with Crippen LogP contribution in [0, 0.1) is 13.8 Å². The van der Waals surface area contributed by atoms with Crippen LogP contribution in [-0.4, -0.2) is 41.1 Å². The molecule has 0 fully saturated rings. The molecular weight excluding hydrogens is 404 g/mol. The lowest BCUT2D eigenvalue weighted by molar-refractivity contribution is 0.0954. The van der Waals surface area contributed by atoms with E-state index in [2.05, 4.69) is 17.0 Å². The van der Waals surface area contributed by atoms with Crippen molar-refractivity contribution in [1.82, 2.24) is 10.0 Å². The van der Waals surface area contributed by atoms with Crippen molar-refractivity contribution >= 4 is 15.9 Å². The summed E-state index contributed by atoms with van der Waals surface area (Å²) in [6, 6.07) is 10.2. The average Bonchev–Trinajstić information content (AvgIpc) is 2.73. The van der Waals surface area contributed by atoms with Gasteiger partial charge in [0.05, 0.1) is 18.6 Å². The molecule has 0 spiro atoms. The number of carbonyl (C=O) groups is 1. The van der Waals surface area contributed by atoms with E-state index in [9.17, 15) is 13.2 Å². The monoisotopic (exact) mass is 434 g/mol. The van der Waals surface area contributed by atoms with Crippen molar-refractivity contribution in [2.75, 3.05) is 26.8 Å². The number of carbonyl (C=O) groups excluding carboxylic acids is 1. The molecule has 0 bridgehead atoms. The summed E-state index contributed by atoms with van der Waals surface area (Å²) < 4.78 is 38.5. The van der Waals surface area contributed by atoms with Crippen LogP contribution >= 0.6 is 0 Å². The normalized spacial score (nSPS) is 11.2. The number of rotatable bonds is 11. The third-order valence-electron chi connectivity index (χ3n) is 4.52. The van der Waals surface area contributed by atoms with E-state index in [0.717, 1.165) is 18.4 Å². The van der Waals surface area contributed by atoms with E-state index in [0.29, 0.717) is 29.2 Å². The van der Waals surface area contributed by atoms with Gasteiger partial charge in [0, 0.05) is 18.7 Å². The Labute approximate surface area is 178 Å². The van der Waals surface area contributed by atoms with Gasteiger partial charge in [0.25, 0.3) is 5.91 Å². The molecule has 30 heavy (non-hydrogen) atoms. The Morgan fingerprint density at radius 1 is 1.03 bits per heavy atom. The fourth-order valence-corrected chi connectivity index (χ4v) is 4.15. The van der Waals surface area contributed by atoms with Gasteiger partial charge in [-0.05, 0) is 55.7 Å². The molecule has 0 aliphatic rings. The highest BCUT2D eigenvalue weighted by atomic mass is 32.2. The lowest BCUT2D eigenvalue weighted by Crippen LogP contribution is -2.35. The molecular formula is C22H30N2O5S. The zero-order chi connectivity index (χ0) is 22.1. The molecule has 0 aliphatic carbocycles. The van der Waals surface area contributed by atoms with Crippen molar-refractivity contribution in [3.63, 3.8) is 0 Å². The highest BCUT2D eigenvalue weighted by Crippen LogP contribution is 2.28. The van der Waals surface area contributed by atoms with E-state index < -0.39 is 10.0 Å². The largest absolute Gasteiger partial charge is 0.493 e. The van der Waals surface area contributed by atoms with Crippen LogP contribution < -0.4 is 19.5 Å². The molecule has 2 N–H and O–H groups in total. The number of ether oxygens (including phenoxy) is 2. The topological polar surface area (TPSA) is 93.7 Å². The van der Waals surface area contributed by atoms with E-state index in [1.807, 2.05) is 13.0 Å². The Hall–Kier alpha value is -2.58. The van der Waals surface area contributed by atoms with Crippen molar-refractivity contribution in [3.05, 3.63) is 53.1 Å². The summed E-state index contributed by atoms with van der Waals surface area (Å²) in [6.07, 6.45) is 1.96. The maximum absolute atomic E-state index is 12.5. The van der Waals surface area contributed by atoms with Gasteiger partial charge < -0.3 is 14.8 Å². The lowest BCUT2D eigenvalue weighted by Gasteiger charge is -2.13. The van der Waals surface area contributed by atoms with Gasteiger partial charge in [-0.1, -0.05) is 25.5 Å². The van der Waals surface area contributed by atoms with Crippen LogP contribution in [0.25, 0.3) is 0 Å². The molecule has 0 saturated carbocycles. The minimum Gasteiger partial charge on any atom is -0.493 e. The second-order valence-corrected chi connectivity index (χ2v) is 8.73. The molecule has 0 atom stereocenters. The summed E-state index contributed by atoms with van der Waals surface area (Å²) in [4.78, 5) is 12.6. The molecule has 0 unspecified atom stereocenters. The molecule has 0 saturated heterocycles. The number of sulfonamides is 1. The van der Waals surface area contributed by atoms with Crippen molar-refractivity contribution < 1.29 is 22.7 Å². The Bertz CT molecular complexity index is 973. The number of amides is 1. The highest BCUT2D eigenvalue weighted by molar-refractivity contribution is 7.89. The first kappa shape index (κ1) is 23.7. The number of nitrogens with one attached hydrogen (secondary N) is 2. The quantitative estimate of drug-likeness (QED) is 0.530. The Balaban J connectivity index is 1.92. The van der Waals surface area contributed by atoms with Crippen molar-refractivity contribution in [3.8, 4) is 11.5 Å². The first-order chi connectivity index (χ1) is 14.3. The molecule has 0 aromatic heterocycles.